The van der Waals surface area contributed by atoms with Crippen LogP contribution in [0.25, 0.3) is 0 Å². The molecule has 29 heavy (non-hydrogen) atoms. The normalized spacial score (nSPS) is 21.8. The largest absolute Gasteiger partial charge is 0.485 e. The minimum absolute atomic E-state index is 0.00431. The summed E-state index contributed by atoms with van der Waals surface area (Å²) in [7, 11) is 0. The molecule has 3 rings (SSSR count). The minimum atomic E-state index is -0.613. The van der Waals surface area contributed by atoms with Gasteiger partial charge in [0.15, 0.2) is 11.5 Å². The second-order valence-corrected chi connectivity index (χ2v) is 7.43. The van der Waals surface area contributed by atoms with Crippen LogP contribution in [-0.2, 0) is 9.47 Å². The van der Waals surface area contributed by atoms with Crippen LogP contribution in [0, 0.1) is 5.92 Å². The number of esters is 1. The number of likely N-dealkylation sites (tertiary alicyclic amines) is 1. The Balaban J connectivity index is 1.53. The zero-order valence-corrected chi connectivity index (χ0v) is 16.9. The SMILES string of the molecule is Nc1c(Cl)cc(C(=O)OCC2CCN(CCOCCO)CC2O)c2c1OCCO2. The number of hydrogen-bond donors (Lipinski definition) is 3. The highest BCUT2D eigenvalue weighted by atomic mass is 35.5. The number of aliphatic hydroxyl groups excluding tert-OH is 2. The van der Waals surface area contributed by atoms with Gasteiger partial charge in [-0.1, -0.05) is 11.6 Å². The number of rotatable bonds is 8. The van der Waals surface area contributed by atoms with Gasteiger partial charge in [-0.15, -0.1) is 0 Å². The molecule has 2 aliphatic heterocycles. The quantitative estimate of drug-likeness (QED) is 0.308. The van der Waals surface area contributed by atoms with E-state index >= 15 is 0 Å². The van der Waals surface area contributed by atoms with Gasteiger partial charge in [0.25, 0.3) is 0 Å². The van der Waals surface area contributed by atoms with E-state index in [2.05, 4.69) is 4.90 Å². The Morgan fingerprint density at radius 1 is 1.31 bits per heavy atom. The molecule has 4 N–H and O–H groups in total. The summed E-state index contributed by atoms with van der Waals surface area (Å²) in [6, 6.07) is 1.41. The summed E-state index contributed by atoms with van der Waals surface area (Å²) in [5.41, 5.74) is 6.28. The average molecular weight is 431 g/mol. The molecule has 162 valence electrons. The fourth-order valence-electron chi connectivity index (χ4n) is 3.41. The Hall–Kier alpha value is -1.78. The Bertz CT molecular complexity index is 718. The number of fused-ring (bicyclic) bond motifs is 1. The van der Waals surface area contributed by atoms with Gasteiger partial charge in [-0.05, 0) is 19.0 Å². The number of carbonyl (C=O) groups is 1. The highest BCUT2D eigenvalue weighted by molar-refractivity contribution is 6.34. The molecule has 0 spiro atoms. The van der Waals surface area contributed by atoms with E-state index in [0.29, 0.717) is 45.9 Å². The molecule has 0 aliphatic carbocycles. The van der Waals surface area contributed by atoms with E-state index < -0.39 is 12.1 Å². The molecule has 10 heteroatoms. The molecule has 0 aromatic heterocycles. The van der Waals surface area contributed by atoms with Crippen LogP contribution >= 0.6 is 11.6 Å². The van der Waals surface area contributed by atoms with Crippen molar-refractivity contribution in [3.63, 3.8) is 0 Å². The molecular formula is C19H27ClN2O7. The highest BCUT2D eigenvalue weighted by Crippen LogP contribution is 2.43. The summed E-state index contributed by atoms with van der Waals surface area (Å²) in [5.74, 6) is -0.264. The Labute approximate surface area is 174 Å². The monoisotopic (exact) mass is 430 g/mol. The molecule has 1 aromatic carbocycles. The zero-order chi connectivity index (χ0) is 20.8. The van der Waals surface area contributed by atoms with E-state index in [0.717, 1.165) is 6.54 Å². The third-order valence-corrected chi connectivity index (χ3v) is 5.35. The lowest BCUT2D eigenvalue weighted by Gasteiger charge is -2.35. The van der Waals surface area contributed by atoms with Crippen molar-refractivity contribution < 1.29 is 34.0 Å². The molecule has 0 radical (unpaired) electrons. The second-order valence-electron chi connectivity index (χ2n) is 7.03. The van der Waals surface area contributed by atoms with Crippen LogP contribution in [0.2, 0.25) is 5.02 Å². The molecule has 0 amide bonds. The third kappa shape index (κ3) is 5.43. The maximum Gasteiger partial charge on any atom is 0.342 e. The smallest absolute Gasteiger partial charge is 0.342 e. The fraction of sp³-hybridized carbons (Fsp3) is 0.632. The number of nitrogens with zero attached hydrogens (tertiary/aromatic N) is 1. The molecule has 1 saturated heterocycles. The van der Waals surface area contributed by atoms with Gasteiger partial charge >= 0.3 is 5.97 Å². The summed E-state index contributed by atoms with van der Waals surface area (Å²) < 4.78 is 21.7. The van der Waals surface area contributed by atoms with Crippen molar-refractivity contribution in [2.75, 3.05) is 65.0 Å². The number of anilines is 1. The predicted molar refractivity (Wildman–Crippen MR) is 106 cm³/mol. The van der Waals surface area contributed by atoms with Crippen molar-refractivity contribution in [2.45, 2.75) is 12.5 Å². The number of piperidine rings is 1. The van der Waals surface area contributed by atoms with Gasteiger partial charge in [0.2, 0.25) is 0 Å². The van der Waals surface area contributed by atoms with Crippen LogP contribution < -0.4 is 15.2 Å². The molecule has 0 saturated carbocycles. The van der Waals surface area contributed by atoms with Crippen molar-refractivity contribution >= 4 is 23.3 Å². The lowest BCUT2D eigenvalue weighted by molar-refractivity contribution is -0.0220. The van der Waals surface area contributed by atoms with Crippen molar-refractivity contribution in [1.29, 1.82) is 0 Å². The van der Waals surface area contributed by atoms with Crippen LogP contribution in [0.4, 0.5) is 5.69 Å². The Morgan fingerprint density at radius 3 is 2.79 bits per heavy atom. The Kier molecular flexibility index (Phi) is 7.79. The first-order valence-corrected chi connectivity index (χ1v) is 10.0. The summed E-state index contributed by atoms with van der Waals surface area (Å²) in [5, 5.41) is 19.3. The summed E-state index contributed by atoms with van der Waals surface area (Å²) in [6.07, 6.45) is 0.0761. The van der Waals surface area contributed by atoms with E-state index in [9.17, 15) is 9.90 Å². The second kappa shape index (κ2) is 10.3. The number of hydrogen-bond acceptors (Lipinski definition) is 9. The van der Waals surface area contributed by atoms with Crippen molar-refractivity contribution in [2.24, 2.45) is 5.92 Å². The average Bonchev–Trinajstić information content (AvgIpc) is 2.73. The van der Waals surface area contributed by atoms with Crippen molar-refractivity contribution in [3.05, 3.63) is 16.7 Å². The summed E-state index contributed by atoms with van der Waals surface area (Å²) >= 11 is 6.11. The van der Waals surface area contributed by atoms with Crippen LogP contribution in [0.3, 0.4) is 0 Å². The van der Waals surface area contributed by atoms with Crippen molar-refractivity contribution in [1.82, 2.24) is 4.90 Å². The molecule has 0 bridgehead atoms. The highest BCUT2D eigenvalue weighted by Gasteiger charge is 2.30. The first kappa shape index (κ1) is 21.9. The number of nitrogens with two attached hydrogens (primary N) is 1. The van der Waals surface area contributed by atoms with Gasteiger partial charge < -0.3 is 34.9 Å². The van der Waals surface area contributed by atoms with E-state index in [-0.39, 0.29) is 46.9 Å². The molecule has 1 aromatic rings. The first-order valence-electron chi connectivity index (χ1n) is 9.65. The number of halogens is 1. The Morgan fingerprint density at radius 2 is 2.07 bits per heavy atom. The number of aliphatic hydroxyl groups is 2. The summed E-state index contributed by atoms with van der Waals surface area (Å²) in [6.45, 7) is 3.43. The standard InChI is InChI=1S/C19H27ClN2O7/c20-14-9-13(17-18(16(14)21)28-8-7-27-17)19(25)29-11-12-1-2-22(10-15(12)24)3-5-26-6-4-23/h9,12,15,23-24H,1-8,10-11,21H2. The first-order chi connectivity index (χ1) is 14.0. The van der Waals surface area contributed by atoms with Gasteiger partial charge in [0.05, 0.1) is 43.2 Å². The van der Waals surface area contributed by atoms with Gasteiger partial charge in [-0.3, -0.25) is 4.90 Å². The molecule has 2 atom stereocenters. The number of β-amino-alcohol motifs (C(OH)–C–C–N with tert-alkyl or cyclic N) is 1. The van der Waals surface area contributed by atoms with E-state index in [1.54, 1.807) is 0 Å². The maximum atomic E-state index is 12.6. The fourth-order valence-corrected chi connectivity index (χ4v) is 3.61. The van der Waals surface area contributed by atoms with Gasteiger partial charge in [0.1, 0.15) is 18.8 Å². The molecule has 2 heterocycles. The predicted octanol–water partition coefficient (Wildman–Crippen LogP) is 0.542. The van der Waals surface area contributed by atoms with E-state index in [4.69, 9.17) is 41.4 Å². The molecule has 2 unspecified atom stereocenters. The lowest BCUT2D eigenvalue weighted by Crippen LogP contribution is -2.46. The van der Waals surface area contributed by atoms with Crippen LogP contribution in [0.1, 0.15) is 16.8 Å². The lowest BCUT2D eigenvalue weighted by atomic mass is 9.95. The number of carbonyl (C=O) groups excluding carboxylic acids is 1. The maximum absolute atomic E-state index is 12.6. The van der Waals surface area contributed by atoms with E-state index in [1.807, 2.05) is 0 Å². The summed E-state index contributed by atoms with van der Waals surface area (Å²) in [4.78, 5) is 14.7. The molecule has 9 nitrogen and oxygen atoms in total. The number of ether oxygens (including phenoxy) is 4. The van der Waals surface area contributed by atoms with Crippen LogP contribution in [0.15, 0.2) is 6.07 Å². The third-order valence-electron chi connectivity index (χ3n) is 5.04. The van der Waals surface area contributed by atoms with Crippen LogP contribution in [0.5, 0.6) is 11.5 Å². The number of benzene rings is 1. The molecular weight excluding hydrogens is 404 g/mol. The van der Waals surface area contributed by atoms with Gasteiger partial charge in [-0.25, -0.2) is 4.79 Å². The van der Waals surface area contributed by atoms with Gasteiger partial charge in [0, 0.05) is 19.0 Å². The minimum Gasteiger partial charge on any atom is -0.485 e. The topological polar surface area (TPSA) is 124 Å². The van der Waals surface area contributed by atoms with Crippen LogP contribution in [-0.4, -0.2) is 86.5 Å². The zero-order valence-electron chi connectivity index (χ0n) is 16.1. The number of nitrogen functional groups attached to an aromatic ring is 1. The van der Waals surface area contributed by atoms with Gasteiger partial charge in [-0.2, -0.15) is 0 Å². The molecule has 1 fully saturated rings. The van der Waals surface area contributed by atoms with Crippen molar-refractivity contribution in [3.8, 4) is 11.5 Å². The molecule has 2 aliphatic rings. The van der Waals surface area contributed by atoms with E-state index in [1.165, 1.54) is 6.07 Å².